The van der Waals surface area contributed by atoms with Crippen LogP contribution in [0.5, 0.6) is 5.75 Å². The monoisotopic (exact) mass is 575 g/mol. The highest BCUT2D eigenvalue weighted by molar-refractivity contribution is 5.99. The minimum Gasteiger partial charge on any atom is -0.497 e. The van der Waals surface area contributed by atoms with E-state index in [1.807, 2.05) is 67.6 Å². The van der Waals surface area contributed by atoms with Gasteiger partial charge in [-0.2, -0.15) is 0 Å². The summed E-state index contributed by atoms with van der Waals surface area (Å²) in [6, 6.07) is 7.75. The van der Waals surface area contributed by atoms with E-state index in [1.54, 1.807) is 19.3 Å². The van der Waals surface area contributed by atoms with E-state index in [9.17, 15) is 14.9 Å². The average Bonchev–Trinajstić information content (AvgIpc) is 3.30. The van der Waals surface area contributed by atoms with Gasteiger partial charge in [-0.05, 0) is 88.5 Å². The summed E-state index contributed by atoms with van der Waals surface area (Å²) >= 11 is 0. The van der Waals surface area contributed by atoms with Crippen LogP contribution in [0.25, 0.3) is 6.08 Å². The van der Waals surface area contributed by atoms with Crippen molar-refractivity contribution in [1.29, 1.82) is 0 Å². The summed E-state index contributed by atoms with van der Waals surface area (Å²) in [6.07, 6.45) is 26.4. The van der Waals surface area contributed by atoms with Crippen LogP contribution < -0.4 is 4.74 Å². The van der Waals surface area contributed by atoms with Gasteiger partial charge in [0.1, 0.15) is 5.75 Å². The number of ether oxygens (including phenoxy) is 2. The van der Waals surface area contributed by atoms with E-state index in [0.29, 0.717) is 24.3 Å². The van der Waals surface area contributed by atoms with Crippen LogP contribution in [-0.2, 0) is 9.53 Å². The molecule has 6 nitrogen and oxygen atoms in total. The van der Waals surface area contributed by atoms with Crippen LogP contribution in [0.15, 0.2) is 147 Å². The lowest BCUT2D eigenvalue weighted by molar-refractivity contribution is -0.419. The molecule has 0 unspecified atom stereocenters. The van der Waals surface area contributed by atoms with Gasteiger partial charge in [-0.15, -0.1) is 0 Å². The first-order chi connectivity index (χ1) is 20.7. The third-order valence-electron chi connectivity index (χ3n) is 7.47. The first-order valence-corrected chi connectivity index (χ1v) is 14.3. The number of rotatable bonds is 9. The summed E-state index contributed by atoms with van der Waals surface area (Å²) in [5, 5.41) is 11.1. The normalized spacial score (nSPS) is 18.0. The Balaban J connectivity index is 1.81. The molecule has 1 aromatic carbocycles. The topological polar surface area (TPSA) is 78.7 Å². The molecule has 0 aliphatic heterocycles. The summed E-state index contributed by atoms with van der Waals surface area (Å²) < 4.78 is 10.7. The van der Waals surface area contributed by atoms with Crippen LogP contribution in [0.4, 0.5) is 0 Å². The van der Waals surface area contributed by atoms with Crippen LogP contribution >= 0.6 is 0 Å². The lowest BCUT2D eigenvalue weighted by Gasteiger charge is -2.18. The molecule has 0 heterocycles. The molecule has 0 radical (unpaired) electrons. The van der Waals surface area contributed by atoms with E-state index < -0.39 is 5.97 Å². The molecule has 0 amide bonds. The Morgan fingerprint density at radius 2 is 1.84 bits per heavy atom. The van der Waals surface area contributed by atoms with Crippen molar-refractivity contribution in [3.8, 4) is 5.75 Å². The second kappa shape index (κ2) is 14.3. The fourth-order valence-corrected chi connectivity index (χ4v) is 5.03. The molecule has 0 saturated carbocycles. The Kier molecular flexibility index (Phi) is 10.3. The fraction of sp³-hybridized carbons (Fsp3) is 0.216. The molecule has 220 valence electrons. The van der Waals surface area contributed by atoms with Crippen molar-refractivity contribution in [2.45, 2.75) is 33.6 Å². The summed E-state index contributed by atoms with van der Waals surface area (Å²) in [6.45, 7) is 6.33. The number of methoxy groups -OCH3 is 2. The Morgan fingerprint density at radius 1 is 1.07 bits per heavy atom. The van der Waals surface area contributed by atoms with Crippen molar-refractivity contribution < 1.29 is 19.2 Å². The summed E-state index contributed by atoms with van der Waals surface area (Å²) in [5.41, 5.74) is 8.12. The maximum absolute atomic E-state index is 13.5. The van der Waals surface area contributed by atoms with E-state index in [0.717, 1.165) is 44.8 Å². The number of hydrogen-bond acceptors (Lipinski definition) is 5. The zero-order chi connectivity index (χ0) is 30.9. The predicted octanol–water partition coefficient (Wildman–Crippen LogP) is 8.51. The SMILES string of the molecule is COC(=O)C1=C2C(C)=CC=C(C(C)C)C=C2C=CC=C1C(C=Cc1ccc(OC)cc1)=CCC=C1C=CC([N+](=O)[O-])=CC1. The van der Waals surface area contributed by atoms with Crippen molar-refractivity contribution in [2.24, 2.45) is 5.92 Å². The largest absolute Gasteiger partial charge is 0.497 e. The second-order valence-electron chi connectivity index (χ2n) is 10.7. The number of nitro groups is 1. The first-order valence-electron chi connectivity index (χ1n) is 14.3. The Hall–Kier alpha value is -4.97. The molecule has 43 heavy (non-hydrogen) atoms. The molecular formula is C37H37NO5. The average molecular weight is 576 g/mol. The summed E-state index contributed by atoms with van der Waals surface area (Å²) in [5.74, 6) is 0.682. The molecule has 0 N–H and O–H groups in total. The minimum atomic E-state index is -0.411. The Morgan fingerprint density at radius 3 is 2.47 bits per heavy atom. The highest BCUT2D eigenvalue weighted by Gasteiger charge is 2.27. The van der Waals surface area contributed by atoms with E-state index >= 15 is 0 Å². The zero-order valence-electron chi connectivity index (χ0n) is 25.3. The Labute approximate surface area is 253 Å². The number of hydrogen-bond donors (Lipinski definition) is 0. The van der Waals surface area contributed by atoms with Crippen molar-refractivity contribution in [1.82, 2.24) is 0 Å². The molecule has 0 saturated heterocycles. The van der Waals surface area contributed by atoms with Gasteiger partial charge in [-0.1, -0.05) is 92.8 Å². The number of esters is 1. The van der Waals surface area contributed by atoms with E-state index in [2.05, 4.69) is 38.2 Å². The zero-order valence-corrected chi connectivity index (χ0v) is 25.3. The molecule has 6 heteroatoms. The van der Waals surface area contributed by atoms with Crippen molar-refractivity contribution in [3.63, 3.8) is 0 Å². The highest BCUT2D eigenvalue weighted by atomic mass is 16.6. The van der Waals surface area contributed by atoms with E-state index in [1.165, 1.54) is 18.8 Å². The highest BCUT2D eigenvalue weighted by Crippen LogP contribution is 2.38. The molecule has 0 spiro atoms. The van der Waals surface area contributed by atoms with E-state index in [4.69, 9.17) is 9.47 Å². The van der Waals surface area contributed by atoms with Gasteiger partial charge in [0.05, 0.1) is 24.7 Å². The molecule has 0 fully saturated rings. The van der Waals surface area contributed by atoms with Crippen LogP contribution in [0, 0.1) is 16.0 Å². The number of carbonyl (C=O) groups excluding carboxylic acids is 1. The van der Waals surface area contributed by atoms with Gasteiger partial charge < -0.3 is 9.47 Å². The molecule has 0 atom stereocenters. The van der Waals surface area contributed by atoms with Gasteiger partial charge >= 0.3 is 5.97 Å². The van der Waals surface area contributed by atoms with Crippen LogP contribution in [-0.4, -0.2) is 25.1 Å². The maximum Gasteiger partial charge on any atom is 0.339 e. The molecule has 0 aromatic heterocycles. The lowest BCUT2D eigenvalue weighted by Crippen LogP contribution is -2.12. The molecule has 3 aliphatic rings. The standard InChI is InChI=1S/C37H37NO5/c1-25(2)30-18-12-26(3)35-31(24-30)10-7-11-34(36(35)37(39)43-5)29(19-13-28-16-22-33(42-4)23-17-28)9-6-8-27-14-20-32(21-15-27)38(40)41/h7-14,16-25H,6,15H2,1-5H3. The van der Waals surface area contributed by atoms with Gasteiger partial charge in [0.25, 0.3) is 5.70 Å². The third-order valence-corrected chi connectivity index (χ3v) is 7.47. The second-order valence-corrected chi connectivity index (χ2v) is 10.7. The van der Waals surface area contributed by atoms with Crippen LogP contribution in [0.3, 0.4) is 0 Å². The van der Waals surface area contributed by atoms with E-state index in [-0.39, 0.29) is 10.6 Å². The van der Waals surface area contributed by atoms with Gasteiger partial charge in [0, 0.05) is 6.08 Å². The number of benzene rings is 1. The van der Waals surface area contributed by atoms with Crippen LogP contribution in [0.2, 0.25) is 0 Å². The van der Waals surface area contributed by atoms with Gasteiger partial charge in [0.2, 0.25) is 0 Å². The minimum absolute atomic E-state index is 0.103. The molecule has 3 aliphatic carbocycles. The Bertz CT molecular complexity index is 1630. The van der Waals surface area contributed by atoms with Crippen molar-refractivity contribution in [2.75, 3.05) is 14.2 Å². The van der Waals surface area contributed by atoms with Crippen LogP contribution in [0.1, 0.15) is 39.2 Å². The van der Waals surface area contributed by atoms with Crippen molar-refractivity contribution >= 4 is 12.0 Å². The maximum atomic E-state index is 13.5. The fourth-order valence-electron chi connectivity index (χ4n) is 5.03. The van der Waals surface area contributed by atoms with Gasteiger partial charge in [-0.25, -0.2) is 4.79 Å². The van der Waals surface area contributed by atoms with Crippen molar-refractivity contribution in [3.05, 3.63) is 163 Å². The number of carbonyl (C=O) groups is 1. The quantitative estimate of drug-likeness (QED) is 0.128. The summed E-state index contributed by atoms with van der Waals surface area (Å²) in [4.78, 5) is 24.2. The van der Waals surface area contributed by atoms with Gasteiger partial charge in [-0.3, -0.25) is 10.1 Å². The molecular weight excluding hydrogens is 538 g/mol. The number of fused-ring (bicyclic) bond motifs is 1. The molecule has 0 bridgehead atoms. The predicted molar refractivity (Wildman–Crippen MR) is 173 cm³/mol. The van der Waals surface area contributed by atoms with Gasteiger partial charge in [0.15, 0.2) is 0 Å². The first kappa shape index (κ1) is 31.0. The summed E-state index contributed by atoms with van der Waals surface area (Å²) in [7, 11) is 3.04. The number of allylic oxidation sites excluding steroid dienone is 18. The molecule has 4 rings (SSSR count). The lowest BCUT2D eigenvalue weighted by atomic mass is 9.87. The third kappa shape index (κ3) is 7.66. The number of nitrogens with zero attached hydrogens (tertiary/aromatic N) is 1. The smallest absolute Gasteiger partial charge is 0.339 e. The molecule has 1 aromatic rings.